The van der Waals surface area contributed by atoms with Crippen LogP contribution in [0.2, 0.25) is 0 Å². The molecular formula is C20H21FN4O2S. The van der Waals surface area contributed by atoms with Crippen LogP contribution in [0, 0.1) is 5.82 Å². The molecule has 8 heteroatoms. The van der Waals surface area contributed by atoms with E-state index >= 15 is 0 Å². The first-order valence-corrected chi connectivity index (χ1v) is 9.50. The number of ether oxygens (including phenoxy) is 1. The summed E-state index contributed by atoms with van der Waals surface area (Å²) in [6, 6.07) is 13.0. The third kappa shape index (κ3) is 5.50. The highest BCUT2D eigenvalue weighted by Gasteiger charge is 2.14. The Kier molecular flexibility index (Phi) is 5.89. The molecule has 0 atom stereocenters. The minimum atomic E-state index is -0.398. The highest BCUT2D eigenvalue weighted by Crippen LogP contribution is 2.24. The van der Waals surface area contributed by atoms with E-state index in [0.717, 1.165) is 0 Å². The Balaban J connectivity index is 1.51. The lowest BCUT2D eigenvalue weighted by Crippen LogP contribution is -2.19. The molecule has 3 aromatic rings. The minimum absolute atomic E-state index is 0.0553. The van der Waals surface area contributed by atoms with E-state index in [-0.39, 0.29) is 17.8 Å². The van der Waals surface area contributed by atoms with Gasteiger partial charge in [0.2, 0.25) is 5.13 Å². The number of carbonyl (C=O) groups excluding carboxylic acids is 1. The van der Waals surface area contributed by atoms with Gasteiger partial charge in [0.1, 0.15) is 18.2 Å². The zero-order chi connectivity index (χ0) is 20.1. The van der Waals surface area contributed by atoms with Crippen molar-refractivity contribution in [3.8, 4) is 5.75 Å². The zero-order valence-corrected chi connectivity index (χ0v) is 16.6. The fraction of sp³-hybridized carbons (Fsp3) is 0.250. The molecule has 0 radical (unpaired) electrons. The van der Waals surface area contributed by atoms with Gasteiger partial charge in [-0.25, -0.2) is 9.18 Å². The molecule has 0 saturated carbocycles. The number of anilines is 2. The summed E-state index contributed by atoms with van der Waals surface area (Å²) in [6.45, 7) is 6.58. The van der Waals surface area contributed by atoms with E-state index in [0.29, 0.717) is 21.6 Å². The summed E-state index contributed by atoms with van der Waals surface area (Å²) in [5.74, 6) is 0.205. The quantitative estimate of drug-likeness (QED) is 0.617. The molecule has 0 unspecified atom stereocenters. The molecular weight excluding hydrogens is 379 g/mol. The number of halogens is 1. The SMILES string of the molecule is CC(C)(C)c1ccc(NC(=O)Nc2nnc(COc3ccc(F)cc3)s2)cc1. The molecule has 6 nitrogen and oxygen atoms in total. The molecule has 0 fully saturated rings. The molecule has 0 spiro atoms. The summed E-state index contributed by atoms with van der Waals surface area (Å²) in [5.41, 5.74) is 1.93. The van der Waals surface area contributed by atoms with Gasteiger partial charge < -0.3 is 10.1 Å². The molecule has 28 heavy (non-hydrogen) atoms. The summed E-state index contributed by atoms with van der Waals surface area (Å²) in [6.07, 6.45) is 0. The van der Waals surface area contributed by atoms with E-state index in [1.54, 1.807) is 0 Å². The summed E-state index contributed by atoms with van der Waals surface area (Å²) < 4.78 is 18.4. The maximum atomic E-state index is 12.9. The van der Waals surface area contributed by atoms with E-state index < -0.39 is 6.03 Å². The molecule has 2 amide bonds. The molecule has 0 saturated heterocycles. The Morgan fingerprint density at radius 2 is 1.71 bits per heavy atom. The van der Waals surface area contributed by atoms with Gasteiger partial charge in [-0.15, -0.1) is 10.2 Å². The first-order valence-electron chi connectivity index (χ1n) is 8.69. The van der Waals surface area contributed by atoms with Crippen molar-refractivity contribution in [2.75, 3.05) is 10.6 Å². The smallest absolute Gasteiger partial charge is 0.325 e. The van der Waals surface area contributed by atoms with Gasteiger partial charge in [0.15, 0.2) is 5.01 Å². The number of nitrogens with one attached hydrogen (secondary N) is 2. The van der Waals surface area contributed by atoms with Crippen molar-refractivity contribution in [3.05, 3.63) is 64.9 Å². The molecule has 1 heterocycles. The average Bonchev–Trinajstić information content (AvgIpc) is 3.08. The van der Waals surface area contributed by atoms with Gasteiger partial charge in [0.05, 0.1) is 0 Å². The van der Waals surface area contributed by atoms with E-state index in [9.17, 15) is 9.18 Å². The number of benzene rings is 2. The summed E-state index contributed by atoms with van der Waals surface area (Å²) in [4.78, 5) is 12.1. The molecule has 0 aliphatic carbocycles. The van der Waals surface area contributed by atoms with Gasteiger partial charge in [0, 0.05) is 5.69 Å². The van der Waals surface area contributed by atoms with Crippen molar-refractivity contribution >= 4 is 28.2 Å². The molecule has 2 aromatic carbocycles. The molecule has 0 bridgehead atoms. The lowest BCUT2D eigenvalue weighted by Gasteiger charge is -2.19. The highest BCUT2D eigenvalue weighted by atomic mass is 32.1. The van der Waals surface area contributed by atoms with Crippen molar-refractivity contribution in [1.29, 1.82) is 0 Å². The third-order valence-corrected chi connectivity index (χ3v) is 4.68. The maximum absolute atomic E-state index is 12.9. The lowest BCUT2D eigenvalue weighted by atomic mass is 9.87. The van der Waals surface area contributed by atoms with E-state index in [2.05, 4.69) is 41.6 Å². The normalized spacial score (nSPS) is 11.1. The number of nitrogens with zero attached hydrogens (tertiary/aromatic N) is 2. The number of amides is 2. The van der Waals surface area contributed by atoms with Crippen LogP contribution in [-0.2, 0) is 12.0 Å². The Labute approximate surface area is 166 Å². The van der Waals surface area contributed by atoms with Crippen molar-refractivity contribution in [1.82, 2.24) is 10.2 Å². The van der Waals surface area contributed by atoms with Gasteiger partial charge >= 0.3 is 6.03 Å². The van der Waals surface area contributed by atoms with Crippen LogP contribution in [0.25, 0.3) is 0 Å². The van der Waals surface area contributed by atoms with Gasteiger partial charge in [-0.05, 0) is 47.4 Å². The zero-order valence-electron chi connectivity index (χ0n) is 15.8. The van der Waals surface area contributed by atoms with Crippen LogP contribution < -0.4 is 15.4 Å². The van der Waals surface area contributed by atoms with Crippen LogP contribution in [0.1, 0.15) is 31.3 Å². The fourth-order valence-corrected chi connectivity index (χ4v) is 3.00. The summed E-state index contributed by atoms with van der Waals surface area (Å²) >= 11 is 1.21. The van der Waals surface area contributed by atoms with Gasteiger partial charge in [-0.3, -0.25) is 5.32 Å². The standard InChI is InChI=1S/C20H21FN4O2S/c1-20(2,3)13-4-8-15(9-5-13)22-18(26)23-19-25-24-17(28-19)12-27-16-10-6-14(21)7-11-16/h4-11H,12H2,1-3H3,(H2,22,23,25,26). The maximum Gasteiger partial charge on any atom is 0.325 e. The monoisotopic (exact) mass is 400 g/mol. The van der Waals surface area contributed by atoms with Crippen molar-refractivity contribution < 1.29 is 13.9 Å². The average molecular weight is 400 g/mol. The fourth-order valence-electron chi connectivity index (χ4n) is 2.35. The molecule has 146 valence electrons. The van der Waals surface area contributed by atoms with E-state index in [4.69, 9.17) is 4.74 Å². The molecule has 3 rings (SSSR count). The second-order valence-corrected chi connectivity index (χ2v) is 8.21. The van der Waals surface area contributed by atoms with Crippen molar-refractivity contribution in [2.45, 2.75) is 32.8 Å². The summed E-state index contributed by atoms with van der Waals surface area (Å²) in [5, 5.41) is 14.3. The number of carbonyl (C=O) groups is 1. The number of urea groups is 1. The molecule has 0 aliphatic heterocycles. The van der Waals surface area contributed by atoms with Gasteiger partial charge in [0.25, 0.3) is 0 Å². The number of rotatable bonds is 5. The van der Waals surface area contributed by atoms with Crippen LogP contribution in [0.3, 0.4) is 0 Å². The minimum Gasteiger partial charge on any atom is -0.486 e. The number of aromatic nitrogens is 2. The number of hydrogen-bond acceptors (Lipinski definition) is 5. The van der Waals surface area contributed by atoms with Crippen LogP contribution in [0.5, 0.6) is 5.75 Å². The van der Waals surface area contributed by atoms with Crippen LogP contribution in [0.15, 0.2) is 48.5 Å². The van der Waals surface area contributed by atoms with Crippen LogP contribution >= 0.6 is 11.3 Å². The first-order chi connectivity index (χ1) is 13.3. The molecule has 1 aromatic heterocycles. The predicted molar refractivity (Wildman–Crippen MR) is 108 cm³/mol. The van der Waals surface area contributed by atoms with Gasteiger partial charge in [-0.1, -0.05) is 44.2 Å². The van der Waals surface area contributed by atoms with Crippen LogP contribution in [0.4, 0.5) is 20.0 Å². The van der Waals surface area contributed by atoms with Crippen molar-refractivity contribution in [2.24, 2.45) is 0 Å². The van der Waals surface area contributed by atoms with Crippen molar-refractivity contribution in [3.63, 3.8) is 0 Å². The lowest BCUT2D eigenvalue weighted by molar-refractivity contribution is 0.262. The third-order valence-electron chi connectivity index (χ3n) is 3.87. The van der Waals surface area contributed by atoms with Crippen LogP contribution in [-0.4, -0.2) is 16.2 Å². The Morgan fingerprint density at radius 1 is 1.04 bits per heavy atom. The predicted octanol–water partition coefficient (Wildman–Crippen LogP) is 5.20. The Bertz CT molecular complexity index is 934. The topological polar surface area (TPSA) is 76.1 Å². The molecule has 0 aliphatic rings. The Morgan fingerprint density at radius 3 is 2.36 bits per heavy atom. The summed E-state index contributed by atoms with van der Waals surface area (Å²) in [7, 11) is 0. The first kappa shape index (κ1) is 19.8. The second kappa shape index (κ2) is 8.35. The largest absolute Gasteiger partial charge is 0.486 e. The molecule has 2 N–H and O–H groups in total. The van der Waals surface area contributed by atoms with Gasteiger partial charge in [-0.2, -0.15) is 0 Å². The highest BCUT2D eigenvalue weighted by molar-refractivity contribution is 7.15. The Hall–Kier alpha value is -3.00. The van der Waals surface area contributed by atoms with E-state index in [1.165, 1.54) is 41.2 Å². The second-order valence-electron chi connectivity index (χ2n) is 7.15. The van der Waals surface area contributed by atoms with E-state index in [1.807, 2.05) is 24.3 Å². The number of hydrogen-bond donors (Lipinski definition) is 2.